The third kappa shape index (κ3) is 4.56. The Morgan fingerprint density at radius 1 is 0.806 bits per heavy atom. The number of rotatable bonds is 2. The van der Waals surface area contributed by atoms with Crippen LogP contribution in [0.25, 0.3) is 0 Å². The summed E-state index contributed by atoms with van der Waals surface area (Å²) in [6.45, 7) is 0. The summed E-state index contributed by atoms with van der Waals surface area (Å²) >= 11 is 3.26. The Morgan fingerprint density at radius 2 is 1.22 bits per heavy atom. The van der Waals surface area contributed by atoms with Crippen LogP contribution in [-0.4, -0.2) is 39.3 Å². The van der Waals surface area contributed by atoms with Crippen molar-refractivity contribution < 1.29 is 87.0 Å². The Labute approximate surface area is 231 Å². The minimum Gasteiger partial charge on any atom is -0.870 e. The first kappa shape index (κ1) is 30.2. The van der Waals surface area contributed by atoms with Gasteiger partial charge in [0.05, 0.1) is 17.8 Å². The molecule has 6 atom stereocenters. The number of esters is 2. The van der Waals surface area contributed by atoms with E-state index in [1.165, 1.54) is 0 Å². The van der Waals surface area contributed by atoms with Gasteiger partial charge in [0.2, 0.25) is 0 Å². The van der Waals surface area contributed by atoms with E-state index < -0.39 is 64.7 Å². The number of alkyl halides is 1. The summed E-state index contributed by atoms with van der Waals surface area (Å²) in [4.78, 5) is 33.8. The van der Waals surface area contributed by atoms with Crippen LogP contribution in [0.2, 0.25) is 0 Å². The molecule has 0 amide bonds. The molecule has 2 fully saturated rings. The zero-order chi connectivity index (χ0) is 23.8. The second-order valence-electron chi connectivity index (χ2n) is 8.17. The quantitative estimate of drug-likeness (QED) is 0.170. The fourth-order valence-corrected chi connectivity index (χ4v) is 5.62. The number of fused-ring (bicyclic) bond motifs is 6. The molecule has 4 N–H and O–H groups in total. The Morgan fingerprint density at radius 3 is 1.67 bits per heavy atom. The summed E-state index contributed by atoms with van der Waals surface area (Å²) in [7, 11) is 0. The van der Waals surface area contributed by atoms with Gasteiger partial charge in [-0.15, -0.1) is 0 Å². The number of ether oxygens (including phenoxy) is 2. The maximum absolute atomic E-state index is 13.6. The molecule has 0 spiro atoms. The van der Waals surface area contributed by atoms with Gasteiger partial charge in [0.1, 0.15) is 11.6 Å². The third-order valence-corrected chi connectivity index (χ3v) is 7.21. The van der Waals surface area contributed by atoms with Crippen molar-refractivity contribution in [2.24, 2.45) is 23.7 Å². The number of hydrogen-bond acceptors (Lipinski definition) is 6. The van der Waals surface area contributed by atoms with Gasteiger partial charge >= 0.3 is 47.5 Å². The number of halogens is 5. The van der Waals surface area contributed by atoms with Gasteiger partial charge in [0, 0.05) is 28.3 Å². The first-order valence-corrected chi connectivity index (χ1v) is 11.0. The van der Waals surface area contributed by atoms with Gasteiger partial charge in [-0.05, 0) is 30.2 Å². The summed E-state index contributed by atoms with van der Waals surface area (Å²) in [5, 5.41) is 9.45. The zero-order valence-electron chi connectivity index (χ0n) is 18.3. The zero-order valence-corrected chi connectivity index (χ0v) is 21.9. The van der Waals surface area contributed by atoms with Gasteiger partial charge in [-0.3, -0.25) is 14.4 Å². The second kappa shape index (κ2) is 10.8. The minimum atomic E-state index is -1.20. The molecule has 8 nitrogen and oxygen atoms in total. The van der Waals surface area contributed by atoms with Gasteiger partial charge < -0.3 is 25.5 Å². The van der Waals surface area contributed by atoms with Gasteiger partial charge in [0.15, 0.2) is 23.1 Å². The standard InChI is InChI=1S/C11H7BrF2O2.C11H6F2O4.Na.2H2O/c12-3-4-7-8(4)11(15)16-10-6(14)2-1-5(13)9(7)10;12-3-1-2-4(13)9-5(3)6-7(10(14)15)8(6)11(16)17-9;;;/h1-2,4,7-8H,3H2;1-2,6-8H,(H,14,15);;2*1H2/q;;+1;;/p-1. The molecule has 2 saturated carbocycles. The van der Waals surface area contributed by atoms with Crippen LogP contribution in [0.1, 0.15) is 23.0 Å². The van der Waals surface area contributed by atoms with Gasteiger partial charge in [0.25, 0.3) is 0 Å². The molecule has 0 saturated heterocycles. The molecule has 2 heterocycles. The van der Waals surface area contributed by atoms with E-state index >= 15 is 0 Å². The van der Waals surface area contributed by atoms with Gasteiger partial charge in [-0.2, -0.15) is 0 Å². The summed E-state index contributed by atoms with van der Waals surface area (Å²) < 4.78 is 63.4. The smallest absolute Gasteiger partial charge is 0.870 e. The molecule has 4 aliphatic rings. The van der Waals surface area contributed by atoms with Crippen molar-refractivity contribution in [3.8, 4) is 11.5 Å². The van der Waals surface area contributed by atoms with E-state index in [9.17, 15) is 31.9 Å². The van der Waals surface area contributed by atoms with E-state index in [1.54, 1.807) is 0 Å². The Kier molecular flexibility index (Phi) is 9.02. The van der Waals surface area contributed by atoms with Crippen molar-refractivity contribution in [2.45, 2.75) is 11.8 Å². The molecule has 2 aromatic carbocycles. The minimum absolute atomic E-state index is 0. The van der Waals surface area contributed by atoms with Gasteiger partial charge in [-0.25, -0.2) is 17.6 Å². The third-order valence-electron chi connectivity index (χ3n) is 6.46. The van der Waals surface area contributed by atoms with E-state index in [4.69, 9.17) is 9.84 Å². The maximum Gasteiger partial charge on any atom is 1.00 e. The molecule has 6 unspecified atom stereocenters. The number of carbonyl (C=O) groups is 3. The van der Waals surface area contributed by atoms with Crippen LogP contribution in [-0.2, 0) is 14.4 Å². The summed E-state index contributed by atoms with van der Waals surface area (Å²) in [6, 6.07) is 3.81. The fraction of sp³-hybridized carbons (Fsp3) is 0.318. The van der Waals surface area contributed by atoms with Crippen molar-refractivity contribution in [3.05, 3.63) is 58.7 Å². The SMILES string of the molecule is O.O=C(O)C1C2C(=O)Oc3c(F)ccc(F)c3C12.O=C1Oc2c(F)ccc(F)c2C2C(CBr)C12.[Na+].[OH-]. The maximum atomic E-state index is 13.6. The predicted molar refractivity (Wildman–Crippen MR) is 110 cm³/mol. The second-order valence-corrected chi connectivity index (χ2v) is 8.82. The number of carboxylic acids is 1. The average molecular weight is 587 g/mol. The summed E-state index contributed by atoms with van der Waals surface area (Å²) in [5.74, 6) is -9.17. The van der Waals surface area contributed by atoms with E-state index in [2.05, 4.69) is 20.7 Å². The van der Waals surface area contributed by atoms with E-state index in [0.717, 1.165) is 24.3 Å². The van der Waals surface area contributed by atoms with E-state index in [-0.39, 0.29) is 75.1 Å². The molecular weight excluding hydrogens is 571 g/mol. The molecule has 14 heteroatoms. The van der Waals surface area contributed by atoms with Crippen LogP contribution in [0, 0.1) is 46.9 Å². The first-order chi connectivity index (χ1) is 15.7. The van der Waals surface area contributed by atoms with E-state index in [1.807, 2.05) is 0 Å². The van der Waals surface area contributed by atoms with Crippen LogP contribution >= 0.6 is 15.9 Å². The Bertz CT molecular complexity index is 1240. The molecule has 2 aliphatic carbocycles. The number of aliphatic carboxylic acids is 1. The van der Waals surface area contributed by atoms with Crippen LogP contribution in [0.15, 0.2) is 24.3 Å². The van der Waals surface area contributed by atoms with Crippen molar-refractivity contribution in [1.29, 1.82) is 0 Å². The number of benzene rings is 2. The average Bonchev–Trinajstić information content (AvgIpc) is 3.66. The number of carboxylic acid groups (broad SMARTS) is 1. The van der Waals surface area contributed by atoms with Crippen molar-refractivity contribution in [1.82, 2.24) is 0 Å². The van der Waals surface area contributed by atoms with Crippen LogP contribution in [0.5, 0.6) is 11.5 Å². The largest absolute Gasteiger partial charge is 1.00 e. The van der Waals surface area contributed by atoms with Crippen LogP contribution < -0.4 is 39.0 Å². The number of hydrogen-bond donors (Lipinski definition) is 1. The van der Waals surface area contributed by atoms with Crippen molar-refractivity contribution in [2.75, 3.05) is 5.33 Å². The molecule has 2 aliphatic heterocycles. The van der Waals surface area contributed by atoms with Gasteiger partial charge in [-0.1, -0.05) is 15.9 Å². The normalized spacial score (nSPS) is 27.2. The molecule has 0 radical (unpaired) electrons. The summed E-state index contributed by atoms with van der Waals surface area (Å²) in [5.41, 5.74) is 0.0797. The monoisotopic (exact) mass is 586 g/mol. The molecule has 6 rings (SSSR count). The van der Waals surface area contributed by atoms with Crippen molar-refractivity contribution in [3.63, 3.8) is 0 Å². The fourth-order valence-electron chi connectivity index (χ4n) is 4.82. The molecule has 188 valence electrons. The van der Waals surface area contributed by atoms with Crippen LogP contribution in [0.3, 0.4) is 0 Å². The molecule has 36 heavy (non-hydrogen) atoms. The molecule has 2 aromatic rings. The topological polar surface area (TPSA) is 151 Å². The number of carbonyl (C=O) groups excluding carboxylic acids is 2. The van der Waals surface area contributed by atoms with E-state index in [0.29, 0.717) is 5.33 Å². The van der Waals surface area contributed by atoms with Crippen LogP contribution in [0.4, 0.5) is 17.6 Å². The molecule has 0 bridgehead atoms. The Balaban J connectivity index is 0.000000234. The molecular formula is C22H16BrF4NaO8. The molecule has 0 aromatic heterocycles. The Hall–Kier alpha value is -2.03. The van der Waals surface area contributed by atoms with Crippen molar-refractivity contribution >= 4 is 33.8 Å². The predicted octanol–water partition coefficient (Wildman–Crippen LogP) is -0.0912. The first-order valence-electron chi connectivity index (χ1n) is 9.85. The summed E-state index contributed by atoms with van der Waals surface area (Å²) in [6.07, 6.45) is 0.